The van der Waals surface area contributed by atoms with Crippen molar-refractivity contribution in [1.82, 2.24) is 4.98 Å². The van der Waals surface area contributed by atoms with Gasteiger partial charge in [-0.25, -0.2) is 8.42 Å². The molecule has 0 atom stereocenters. The second-order valence-corrected chi connectivity index (χ2v) is 6.78. The molecule has 122 valence electrons. The Morgan fingerprint density at radius 1 is 1.22 bits per heavy atom. The van der Waals surface area contributed by atoms with Crippen LogP contribution in [0.5, 0.6) is 0 Å². The lowest BCUT2D eigenvalue weighted by Gasteiger charge is -2.22. The van der Waals surface area contributed by atoms with Gasteiger partial charge in [-0.1, -0.05) is 12.1 Å². The van der Waals surface area contributed by atoms with E-state index >= 15 is 0 Å². The third-order valence-corrected chi connectivity index (χ3v) is 5.28. The van der Waals surface area contributed by atoms with E-state index < -0.39 is 16.0 Å². The van der Waals surface area contributed by atoms with Crippen LogP contribution in [0.3, 0.4) is 0 Å². The SMILES string of the molecule is CCN(c1cccnc1)S(=O)(=O)c1ccc(CCC(=O)O)cc1. The van der Waals surface area contributed by atoms with Crippen molar-refractivity contribution in [2.24, 2.45) is 0 Å². The van der Waals surface area contributed by atoms with Crippen LogP contribution in [0.25, 0.3) is 0 Å². The Balaban J connectivity index is 2.26. The number of aryl methyl sites for hydroxylation is 1. The van der Waals surface area contributed by atoms with Gasteiger partial charge in [0.25, 0.3) is 10.0 Å². The largest absolute Gasteiger partial charge is 0.481 e. The molecule has 23 heavy (non-hydrogen) atoms. The molecule has 0 unspecified atom stereocenters. The molecule has 0 fully saturated rings. The maximum Gasteiger partial charge on any atom is 0.303 e. The predicted octanol–water partition coefficient (Wildman–Crippen LogP) is 2.31. The van der Waals surface area contributed by atoms with Crippen molar-refractivity contribution >= 4 is 21.7 Å². The Morgan fingerprint density at radius 3 is 2.43 bits per heavy atom. The molecule has 1 aromatic heterocycles. The number of nitrogens with zero attached hydrogens (tertiary/aromatic N) is 2. The average molecular weight is 334 g/mol. The number of carboxylic acids is 1. The average Bonchev–Trinajstić information content (AvgIpc) is 2.55. The van der Waals surface area contributed by atoms with E-state index in [1.807, 2.05) is 0 Å². The molecule has 6 nitrogen and oxygen atoms in total. The van der Waals surface area contributed by atoms with Crippen LogP contribution in [-0.2, 0) is 21.2 Å². The fourth-order valence-electron chi connectivity index (χ4n) is 2.20. The minimum Gasteiger partial charge on any atom is -0.481 e. The van der Waals surface area contributed by atoms with E-state index in [-0.39, 0.29) is 17.9 Å². The van der Waals surface area contributed by atoms with E-state index in [0.717, 1.165) is 5.56 Å². The number of benzene rings is 1. The second-order valence-electron chi connectivity index (χ2n) is 4.92. The van der Waals surface area contributed by atoms with E-state index in [2.05, 4.69) is 4.98 Å². The van der Waals surface area contributed by atoms with Crippen molar-refractivity contribution in [3.63, 3.8) is 0 Å². The number of hydrogen-bond acceptors (Lipinski definition) is 4. The number of carbonyl (C=O) groups is 1. The van der Waals surface area contributed by atoms with E-state index in [1.54, 1.807) is 37.4 Å². The van der Waals surface area contributed by atoms with Crippen molar-refractivity contribution in [2.45, 2.75) is 24.7 Å². The van der Waals surface area contributed by atoms with Crippen LogP contribution in [0.2, 0.25) is 0 Å². The number of aromatic nitrogens is 1. The molecule has 0 aliphatic heterocycles. The van der Waals surface area contributed by atoms with Crippen LogP contribution < -0.4 is 4.31 Å². The van der Waals surface area contributed by atoms with Gasteiger partial charge < -0.3 is 5.11 Å². The molecule has 0 aliphatic rings. The lowest BCUT2D eigenvalue weighted by Crippen LogP contribution is -2.30. The number of aliphatic carboxylic acids is 1. The molecule has 2 aromatic rings. The smallest absolute Gasteiger partial charge is 0.303 e. The quantitative estimate of drug-likeness (QED) is 0.839. The van der Waals surface area contributed by atoms with Gasteiger partial charge in [-0.3, -0.25) is 14.1 Å². The monoisotopic (exact) mass is 334 g/mol. The highest BCUT2D eigenvalue weighted by molar-refractivity contribution is 7.92. The minimum absolute atomic E-state index is 0.0167. The standard InChI is InChI=1S/C16H18N2O4S/c1-2-18(14-4-3-11-17-12-14)23(21,22)15-8-5-13(6-9-15)7-10-16(19)20/h3-6,8-9,11-12H,2,7,10H2,1H3,(H,19,20). The maximum atomic E-state index is 12.7. The number of carboxylic acid groups (broad SMARTS) is 1. The Hall–Kier alpha value is -2.41. The lowest BCUT2D eigenvalue weighted by atomic mass is 10.1. The Labute approximate surface area is 135 Å². The number of anilines is 1. The van der Waals surface area contributed by atoms with Gasteiger partial charge in [-0.15, -0.1) is 0 Å². The van der Waals surface area contributed by atoms with Crippen LogP contribution >= 0.6 is 0 Å². The van der Waals surface area contributed by atoms with Gasteiger partial charge in [0.2, 0.25) is 0 Å². The third kappa shape index (κ3) is 4.07. The summed E-state index contributed by atoms with van der Waals surface area (Å²) in [6.07, 6.45) is 3.47. The number of sulfonamides is 1. The zero-order chi connectivity index (χ0) is 16.9. The van der Waals surface area contributed by atoms with Crippen LogP contribution in [0, 0.1) is 0 Å². The second kappa shape index (κ2) is 7.23. The Kier molecular flexibility index (Phi) is 5.33. The van der Waals surface area contributed by atoms with Gasteiger partial charge in [-0.2, -0.15) is 0 Å². The molecular weight excluding hydrogens is 316 g/mol. The molecule has 7 heteroatoms. The van der Waals surface area contributed by atoms with Crippen molar-refractivity contribution in [3.05, 3.63) is 54.4 Å². The van der Waals surface area contributed by atoms with Gasteiger partial charge >= 0.3 is 5.97 Å². The van der Waals surface area contributed by atoms with Crippen molar-refractivity contribution in [2.75, 3.05) is 10.8 Å². The molecule has 0 saturated carbocycles. The summed E-state index contributed by atoms with van der Waals surface area (Å²) in [5.41, 5.74) is 1.29. The van der Waals surface area contributed by atoms with E-state index in [1.165, 1.54) is 22.6 Å². The fourth-order valence-corrected chi connectivity index (χ4v) is 3.66. The van der Waals surface area contributed by atoms with Gasteiger partial charge in [-0.05, 0) is 43.2 Å². The van der Waals surface area contributed by atoms with Crippen molar-refractivity contribution < 1.29 is 18.3 Å². The summed E-state index contributed by atoms with van der Waals surface area (Å²) in [5, 5.41) is 8.68. The van der Waals surface area contributed by atoms with Crippen LogP contribution in [0.1, 0.15) is 18.9 Å². The first-order valence-electron chi connectivity index (χ1n) is 7.18. The normalized spacial score (nSPS) is 11.2. The number of pyridine rings is 1. The predicted molar refractivity (Wildman–Crippen MR) is 86.8 cm³/mol. The first-order chi connectivity index (χ1) is 10.9. The van der Waals surface area contributed by atoms with Gasteiger partial charge in [0.15, 0.2) is 0 Å². The summed E-state index contributed by atoms with van der Waals surface area (Å²) < 4.78 is 26.8. The highest BCUT2D eigenvalue weighted by Crippen LogP contribution is 2.23. The zero-order valence-electron chi connectivity index (χ0n) is 12.7. The van der Waals surface area contributed by atoms with Crippen molar-refractivity contribution in [1.29, 1.82) is 0 Å². The number of hydrogen-bond donors (Lipinski definition) is 1. The molecule has 0 bridgehead atoms. The highest BCUT2D eigenvalue weighted by atomic mass is 32.2. The molecule has 1 heterocycles. The minimum atomic E-state index is -3.68. The molecule has 0 aliphatic carbocycles. The van der Waals surface area contributed by atoms with Gasteiger partial charge in [0.1, 0.15) is 0 Å². The number of rotatable bonds is 7. The Bertz CT molecular complexity index is 758. The van der Waals surface area contributed by atoms with Gasteiger partial charge in [0.05, 0.1) is 16.8 Å². The topological polar surface area (TPSA) is 87.6 Å². The maximum absolute atomic E-state index is 12.7. The highest BCUT2D eigenvalue weighted by Gasteiger charge is 2.23. The van der Waals surface area contributed by atoms with Crippen LogP contribution in [-0.4, -0.2) is 31.0 Å². The Morgan fingerprint density at radius 2 is 1.91 bits per heavy atom. The summed E-state index contributed by atoms with van der Waals surface area (Å²) in [5.74, 6) is -0.879. The van der Waals surface area contributed by atoms with E-state index in [4.69, 9.17) is 5.11 Å². The third-order valence-electron chi connectivity index (χ3n) is 3.36. The molecule has 0 radical (unpaired) electrons. The molecule has 2 rings (SSSR count). The molecular formula is C16H18N2O4S. The molecule has 0 saturated heterocycles. The molecule has 0 amide bonds. The summed E-state index contributed by atoms with van der Waals surface area (Å²) in [7, 11) is -3.68. The zero-order valence-corrected chi connectivity index (χ0v) is 13.5. The summed E-state index contributed by atoms with van der Waals surface area (Å²) in [6, 6.07) is 9.68. The van der Waals surface area contributed by atoms with Crippen LogP contribution in [0.15, 0.2) is 53.7 Å². The summed E-state index contributed by atoms with van der Waals surface area (Å²) in [4.78, 5) is 14.7. The first-order valence-corrected chi connectivity index (χ1v) is 8.62. The molecule has 1 N–H and O–H groups in total. The van der Waals surface area contributed by atoms with Crippen LogP contribution in [0.4, 0.5) is 5.69 Å². The van der Waals surface area contributed by atoms with Gasteiger partial charge in [0, 0.05) is 19.2 Å². The van der Waals surface area contributed by atoms with Crippen molar-refractivity contribution in [3.8, 4) is 0 Å². The molecule has 1 aromatic carbocycles. The van der Waals surface area contributed by atoms with E-state index in [0.29, 0.717) is 12.1 Å². The molecule has 0 spiro atoms. The van der Waals surface area contributed by atoms with E-state index in [9.17, 15) is 13.2 Å². The fraction of sp³-hybridized carbons (Fsp3) is 0.250. The summed E-state index contributed by atoms with van der Waals surface area (Å²) in [6.45, 7) is 2.04. The lowest BCUT2D eigenvalue weighted by molar-refractivity contribution is -0.136. The summed E-state index contributed by atoms with van der Waals surface area (Å²) >= 11 is 0. The first kappa shape index (κ1) is 17.0.